The summed E-state index contributed by atoms with van der Waals surface area (Å²) in [6.45, 7) is 0. The maximum absolute atomic E-state index is 11.8. The van der Waals surface area contributed by atoms with E-state index in [9.17, 15) is 4.79 Å². The SMILES string of the molecule is COc1cc(C2CC(=O)NC(=S)C2=C=N)cc(OC)c1OC. The zero-order valence-electron chi connectivity index (χ0n) is 12.5. The van der Waals surface area contributed by atoms with Crippen LogP contribution in [0.1, 0.15) is 17.9 Å². The standard InChI is InChI=1S/C15H16N2O4S/c1-19-11-4-8(5-12(20-2)14(11)21-3)9-6-13(18)17-15(22)10(9)7-16/h4-5,9,16H,6H2,1-3H3,(H,17,18,22). The van der Waals surface area contributed by atoms with Gasteiger partial charge in [0, 0.05) is 12.3 Å². The van der Waals surface area contributed by atoms with E-state index in [1.54, 1.807) is 12.1 Å². The molecular weight excluding hydrogens is 304 g/mol. The molecule has 1 amide bonds. The van der Waals surface area contributed by atoms with E-state index in [0.29, 0.717) is 22.8 Å². The third kappa shape index (κ3) is 2.81. The first-order valence-electron chi connectivity index (χ1n) is 6.49. The molecule has 1 atom stereocenters. The Labute approximate surface area is 133 Å². The molecule has 0 aliphatic carbocycles. The van der Waals surface area contributed by atoms with Crippen LogP contribution in [0.2, 0.25) is 0 Å². The molecular formula is C15H16N2O4S. The van der Waals surface area contributed by atoms with Gasteiger partial charge in [0.15, 0.2) is 11.5 Å². The number of rotatable bonds is 4. The minimum absolute atomic E-state index is 0.181. The Bertz CT molecular complexity index is 655. The predicted molar refractivity (Wildman–Crippen MR) is 85.4 cm³/mol. The largest absolute Gasteiger partial charge is 0.493 e. The first kappa shape index (κ1) is 16.0. The van der Waals surface area contributed by atoms with Crippen LogP contribution in [0.25, 0.3) is 0 Å². The van der Waals surface area contributed by atoms with E-state index in [4.69, 9.17) is 31.8 Å². The van der Waals surface area contributed by atoms with Crippen LogP contribution in [0.15, 0.2) is 17.7 Å². The Morgan fingerprint density at radius 1 is 1.23 bits per heavy atom. The molecule has 2 rings (SSSR count). The molecule has 0 aromatic heterocycles. The first-order valence-corrected chi connectivity index (χ1v) is 6.90. The maximum Gasteiger partial charge on any atom is 0.226 e. The van der Waals surface area contributed by atoms with Gasteiger partial charge < -0.3 is 19.5 Å². The molecule has 7 heteroatoms. The second kappa shape index (κ2) is 6.60. The average molecular weight is 320 g/mol. The van der Waals surface area contributed by atoms with Crippen molar-refractivity contribution in [3.8, 4) is 17.2 Å². The van der Waals surface area contributed by atoms with Crippen LogP contribution in [-0.4, -0.2) is 38.1 Å². The topological polar surface area (TPSA) is 80.6 Å². The summed E-state index contributed by atoms with van der Waals surface area (Å²) in [7, 11) is 4.56. The molecule has 0 radical (unpaired) electrons. The minimum atomic E-state index is -0.368. The number of carbonyl (C=O) groups excluding carboxylic acids is 1. The summed E-state index contributed by atoms with van der Waals surface area (Å²) in [6.07, 6.45) is 0.181. The molecule has 1 aliphatic heterocycles. The Hall–Kier alpha value is -2.37. The fraction of sp³-hybridized carbons (Fsp3) is 0.333. The third-order valence-electron chi connectivity index (χ3n) is 3.46. The number of methoxy groups -OCH3 is 3. The van der Waals surface area contributed by atoms with Gasteiger partial charge in [-0.25, -0.2) is 0 Å². The van der Waals surface area contributed by atoms with Crippen LogP contribution in [0.5, 0.6) is 17.2 Å². The first-order chi connectivity index (χ1) is 10.5. The number of thiocarbonyl (C=S) groups is 1. The third-order valence-corrected chi connectivity index (χ3v) is 3.78. The number of hydrogen-bond acceptors (Lipinski definition) is 6. The molecule has 0 bridgehead atoms. The molecule has 1 fully saturated rings. The van der Waals surface area contributed by atoms with Crippen LogP contribution in [-0.2, 0) is 4.79 Å². The fourth-order valence-corrected chi connectivity index (χ4v) is 2.73. The van der Waals surface area contributed by atoms with E-state index in [2.05, 4.69) is 11.2 Å². The number of nitrogens with one attached hydrogen (secondary N) is 2. The van der Waals surface area contributed by atoms with Gasteiger partial charge in [-0.2, -0.15) is 0 Å². The highest BCUT2D eigenvalue weighted by molar-refractivity contribution is 7.80. The van der Waals surface area contributed by atoms with E-state index in [-0.39, 0.29) is 23.2 Å². The molecule has 0 saturated carbocycles. The summed E-state index contributed by atoms with van der Waals surface area (Å²) in [6, 6.07) is 3.51. The number of ether oxygens (including phenoxy) is 3. The van der Waals surface area contributed by atoms with Crippen molar-refractivity contribution < 1.29 is 19.0 Å². The smallest absolute Gasteiger partial charge is 0.226 e. The van der Waals surface area contributed by atoms with Gasteiger partial charge in [-0.15, -0.1) is 0 Å². The number of carbonyl (C=O) groups is 1. The van der Waals surface area contributed by atoms with E-state index in [1.165, 1.54) is 21.3 Å². The van der Waals surface area contributed by atoms with Gasteiger partial charge in [0.1, 0.15) is 4.99 Å². The Morgan fingerprint density at radius 3 is 2.27 bits per heavy atom. The average Bonchev–Trinajstić information content (AvgIpc) is 2.52. The van der Waals surface area contributed by atoms with Crippen molar-refractivity contribution in [3.05, 3.63) is 23.3 Å². The zero-order valence-corrected chi connectivity index (χ0v) is 13.3. The molecule has 2 N–H and O–H groups in total. The summed E-state index contributed by atoms with van der Waals surface area (Å²) >= 11 is 5.11. The van der Waals surface area contributed by atoms with Crippen LogP contribution >= 0.6 is 12.2 Å². The van der Waals surface area contributed by atoms with Crippen molar-refractivity contribution >= 4 is 29.0 Å². The molecule has 1 aromatic carbocycles. The fourth-order valence-electron chi connectivity index (χ4n) is 2.42. The highest BCUT2D eigenvalue weighted by Crippen LogP contribution is 2.42. The Kier molecular flexibility index (Phi) is 4.80. The summed E-state index contributed by atoms with van der Waals surface area (Å²) in [5.74, 6) is 3.20. The second-order valence-electron chi connectivity index (χ2n) is 4.63. The number of hydrogen-bond donors (Lipinski definition) is 2. The lowest BCUT2D eigenvalue weighted by molar-refractivity contribution is -0.120. The molecule has 1 aliphatic rings. The number of benzene rings is 1. The number of piperidine rings is 1. The summed E-state index contributed by atoms with van der Waals surface area (Å²) in [4.78, 5) is 12.0. The van der Waals surface area contributed by atoms with Gasteiger partial charge in [-0.05, 0) is 23.6 Å². The summed E-state index contributed by atoms with van der Waals surface area (Å²) in [5, 5.41) is 9.98. The second-order valence-corrected chi connectivity index (χ2v) is 5.04. The van der Waals surface area contributed by atoms with E-state index >= 15 is 0 Å². The van der Waals surface area contributed by atoms with Crippen molar-refractivity contribution in [1.82, 2.24) is 5.32 Å². The molecule has 0 spiro atoms. The molecule has 22 heavy (non-hydrogen) atoms. The lowest BCUT2D eigenvalue weighted by Gasteiger charge is -2.25. The Balaban J connectivity index is 2.57. The lowest BCUT2D eigenvalue weighted by atomic mass is 9.85. The van der Waals surface area contributed by atoms with E-state index in [1.807, 2.05) is 0 Å². The van der Waals surface area contributed by atoms with Crippen LogP contribution in [0.4, 0.5) is 0 Å². The van der Waals surface area contributed by atoms with E-state index < -0.39 is 0 Å². The molecule has 1 heterocycles. The monoisotopic (exact) mass is 320 g/mol. The van der Waals surface area contributed by atoms with Gasteiger partial charge in [0.25, 0.3) is 0 Å². The quantitative estimate of drug-likeness (QED) is 0.502. The van der Waals surface area contributed by atoms with Gasteiger partial charge in [0.05, 0.1) is 26.9 Å². The van der Waals surface area contributed by atoms with Crippen molar-refractivity contribution in [2.75, 3.05) is 21.3 Å². The van der Waals surface area contributed by atoms with Gasteiger partial charge in [-0.3, -0.25) is 10.2 Å². The van der Waals surface area contributed by atoms with Crippen LogP contribution in [0.3, 0.4) is 0 Å². The van der Waals surface area contributed by atoms with Crippen molar-refractivity contribution in [3.63, 3.8) is 0 Å². The van der Waals surface area contributed by atoms with Crippen molar-refractivity contribution in [2.24, 2.45) is 0 Å². The molecule has 1 saturated heterocycles. The molecule has 1 aromatic rings. The van der Waals surface area contributed by atoms with Gasteiger partial charge in [-0.1, -0.05) is 12.2 Å². The number of amides is 1. The highest BCUT2D eigenvalue weighted by Gasteiger charge is 2.31. The summed E-state index contributed by atoms with van der Waals surface area (Å²) < 4.78 is 15.9. The summed E-state index contributed by atoms with van der Waals surface area (Å²) in [5.41, 5.74) is 1.21. The van der Waals surface area contributed by atoms with Crippen molar-refractivity contribution in [1.29, 1.82) is 5.41 Å². The normalized spacial score (nSPS) is 17.6. The van der Waals surface area contributed by atoms with Gasteiger partial charge in [0.2, 0.25) is 11.7 Å². The van der Waals surface area contributed by atoms with Crippen LogP contribution < -0.4 is 19.5 Å². The molecule has 6 nitrogen and oxygen atoms in total. The van der Waals surface area contributed by atoms with E-state index in [0.717, 1.165) is 5.56 Å². The maximum atomic E-state index is 11.8. The zero-order chi connectivity index (χ0) is 16.3. The predicted octanol–water partition coefficient (Wildman–Crippen LogP) is 1.82. The van der Waals surface area contributed by atoms with Crippen molar-refractivity contribution in [2.45, 2.75) is 12.3 Å². The molecule has 1 unspecified atom stereocenters. The Morgan fingerprint density at radius 2 is 1.82 bits per heavy atom. The minimum Gasteiger partial charge on any atom is -0.493 e. The van der Waals surface area contributed by atoms with Gasteiger partial charge >= 0.3 is 0 Å². The lowest BCUT2D eigenvalue weighted by Crippen LogP contribution is -2.38. The molecule has 116 valence electrons. The van der Waals surface area contributed by atoms with Crippen LogP contribution in [0, 0.1) is 5.41 Å². The highest BCUT2D eigenvalue weighted by atomic mass is 32.1.